The van der Waals surface area contributed by atoms with Crippen LogP contribution in [0, 0.1) is 12.3 Å². The molecule has 62 valence electrons. The van der Waals surface area contributed by atoms with Crippen LogP contribution in [0.25, 0.3) is 5.57 Å². The summed E-state index contributed by atoms with van der Waals surface area (Å²) in [4.78, 5) is 3.98. The smallest absolute Gasteiger partial charge is 0.257 e. The molecule has 0 unspecified atom stereocenters. The van der Waals surface area contributed by atoms with Crippen molar-refractivity contribution in [3.05, 3.63) is 30.4 Å². The molecule has 0 aromatic carbocycles. The van der Waals surface area contributed by atoms with Gasteiger partial charge in [-0.2, -0.15) is 4.98 Å². The first-order valence-electron chi connectivity index (χ1n) is 3.42. The standard InChI is InChI=1S/C8H9N3O/c1-3-7(4-5-9)8-10-6(2)11-12-8/h3-5,9H,1H2,2H3/b7-4+,9-5?. The molecule has 1 heterocycles. The molecule has 0 saturated heterocycles. The first-order chi connectivity index (χ1) is 5.77. The minimum absolute atomic E-state index is 0.394. The van der Waals surface area contributed by atoms with Crippen molar-refractivity contribution in [2.45, 2.75) is 6.92 Å². The quantitative estimate of drug-likeness (QED) is 0.543. The number of nitrogens with zero attached hydrogens (tertiary/aromatic N) is 2. The van der Waals surface area contributed by atoms with E-state index >= 15 is 0 Å². The van der Waals surface area contributed by atoms with E-state index < -0.39 is 0 Å². The van der Waals surface area contributed by atoms with Crippen LogP contribution in [0.2, 0.25) is 0 Å². The summed E-state index contributed by atoms with van der Waals surface area (Å²) < 4.78 is 4.87. The molecule has 0 aliphatic heterocycles. The minimum atomic E-state index is 0.394. The second kappa shape index (κ2) is 3.61. The maximum Gasteiger partial charge on any atom is 0.257 e. The molecule has 0 aliphatic rings. The third kappa shape index (κ3) is 1.66. The van der Waals surface area contributed by atoms with Gasteiger partial charge in [-0.3, -0.25) is 0 Å². The summed E-state index contributed by atoms with van der Waals surface area (Å²) in [6, 6.07) is 0. The van der Waals surface area contributed by atoms with Crippen molar-refractivity contribution < 1.29 is 4.52 Å². The van der Waals surface area contributed by atoms with Crippen LogP contribution in [0.3, 0.4) is 0 Å². The lowest BCUT2D eigenvalue weighted by Crippen LogP contribution is -1.81. The number of hydrogen-bond acceptors (Lipinski definition) is 4. The number of rotatable bonds is 3. The fourth-order valence-corrected chi connectivity index (χ4v) is 0.731. The number of allylic oxidation sites excluding steroid dienone is 3. The molecule has 0 atom stereocenters. The molecule has 0 fully saturated rings. The molecule has 1 N–H and O–H groups in total. The van der Waals surface area contributed by atoms with E-state index in [4.69, 9.17) is 9.93 Å². The maximum absolute atomic E-state index is 6.85. The van der Waals surface area contributed by atoms with Gasteiger partial charge in [-0.05, 0) is 13.0 Å². The molecule has 0 bridgehead atoms. The minimum Gasteiger partial charge on any atom is -0.334 e. The largest absolute Gasteiger partial charge is 0.334 e. The van der Waals surface area contributed by atoms with E-state index in [1.165, 1.54) is 0 Å². The van der Waals surface area contributed by atoms with Gasteiger partial charge in [-0.25, -0.2) is 0 Å². The first-order valence-corrected chi connectivity index (χ1v) is 3.42. The fraction of sp³-hybridized carbons (Fsp3) is 0.125. The average molecular weight is 163 g/mol. The highest BCUT2D eigenvalue weighted by atomic mass is 16.5. The molecular weight excluding hydrogens is 154 g/mol. The summed E-state index contributed by atoms with van der Waals surface area (Å²) in [5.74, 6) is 0.966. The molecule has 4 nitrogen and oxygen atoms in total. The Balaban J connectivity index is 3.02. The Morgan fingerprint density at radius 3 is 2.83 bits per heavy atom. The summed E-state index contributed by atoms with van der Waals surface area (Å²) in [5.41, 5.74) is 0.658. The monoisotopic (exact) mass is 163 g/mol. The summed E-state index contributed by atoms with van der Waals surface area (Å²) in [6.45, 7) is 5.30. The van der Waals surface area contributed by atoms with Gasteiger partial charge in [0.15, 0.2) is 5.82 Å². The predicted octanol–water partition coefficient (Wildman–Crippen LogP) is 1.60. The molecule has 12 heavy (non-hydrogen) atoms. The SMILES string of the molecule is C=C/C(=C\C=N)c1nc(C)no1. The van der Waals surface area contributed by atoms with Crippen molar-refractivity contribution in [3.63, 3.8) is 0 Å². The Morgan fingerprint density at radius 1 is 1.67 bits per heavy atom. The van der Waals surface area contributed by atoms with Gasteiger partial charge in [0.2, 0.25) is 0 Å². The second-order valence-electron chi connectivity index (χ2n) is 2.14. The van der Waals surface area contributed by atoms with E-state index in [9.17, 15) is 0 Å². The Labute approximate surface area is 70.1 Å². The fourth-order valence-electron chi connectivity index (χ4n) is 0.731. The van der Waals surface area contributed by atoms with Crippen molar-refractivity contribution in [2.75, 3.05) is 0 Å². The lowest BCUT2D eigenvalue weighted by molar-refractivity contribution is 0.403. The molecule has 1 aromatic rings. The average Bonchev–Trinajstić information content (AvgIpc) is 2.47. The molecule has 0 aliphatic carbocycles. The zero-order valence-corrected chi connectivity index (χ0v) is 6.74. The van der Waals surface area contributed by atoms with Crippen molar-refractivity contribution in [2.24, 2.45) is 0 Å². The lowest BCUT2D eigenvalue weighted by atomic mass is 10.2. The van der Waals surface area contributed by atoms with Crippen molar-refractivity contribution in [1.82, 2.24) is 10.1 Å². The zero-order valence-electron chi connectivity index (χ0n) is 6.74. The molecule has 1 rings (SSSR count). The van der Waals surface area contributed by atoms with E-state index in [0.717, 1.165) is 6.21 Å². The first kappa shape index (κ1) is 8.39. The predicted molar refractivity (Wildman–Crippen MR) is 46.0 cm³/mol. The van der Waals surface area contributed by atoms with Crippen LogP contribution < -0.4 is 0 Å². The van der Waals surface area contributed by atoms with E-state index in [2.05, 4.69) is 16.7 Å². The molecule has 0 saturated carbocycles. The molecule has 0 spiro atoms. The lowest BCUT2D eigenvalue weighted by Gasteiger charge is -1.88. The number of hydrogen-bond donors (Lipinski definition) is 1. The number of aromatic nitrogens is 2. The Morgan fingerprint density at radius 2 is 2.42 bits per heavy atom. The highest BCUT2D eigenvalue weighted by molar-refractivity contribution is 5.84. The number of aryl methyl sites for hydroxylation is 1. The molecular formula is C8H9N3O. The third-order valence-corrected chi connectivity index (χ3v) is 1.26. The van der Waals surface area contributed by atoms with Gasteiger partial charge in [0.1, 0.15) is 0 Å². The van der Waals surface area contributed by atoms with E-state index in [0.29, 0.717) is 17.3 Å². The van der Waals surface area contributed by atoms with Gasteiger partial charge in [-0.1, -0.05) is 17.8 Å². The van der Waals surface area contributed by atoms with E-state index in [-0.39, 0.29) is 0 Å². The molecule has 0 radical (unpaired) electrons. The summed E-state index contributed by atoms with van der Waals surface area (Å²) in [6.07, 6.45) is 4.26. The van der Waals surface area contributed by atoms with Crippen LogP contribution in [0.1, 0.15) is 11.7 Å². The van der Waals surface area contributed by atoms with Gasteiger partial charge < -0.3 is 9.93 Å². The van der Waals surface area contributed by atoms with Crippen LogP contribution in [-0.4, -0.2) is 16.4 Å². The van der Waals surface area contributed by atoms with Crippen LogP contribution in [0.5, 0.6) is 0 Å². The zero-order chi connectivity index (χ0) is 8.97. The highest BCUT2D eigenvalue weighted by Crippen LogP contribution is 2.11. The molecule has 4 heteroatoms. The summed E-state index contributed by atoms with van der Waals surface area (Å²) in [5, 5.41) is 10.5. The molecule has 0 amide bonds. The summed E-state index contributed by atoms with van der Waals surface area (Å²) in [7, 11) is 0. The van der Waals surface area contributed by atoms with Crippen molar-refractivity contribution in [3.8, 4) is 0 Å². The van der Waals surface area contributed by atoms with Crippen molar-refractivity contribution in [1.29, 1.82) is 5.41 Å². The Bertz CT molecular complexity index is 325. The van der Waals surface area contributed by atoms with E-state index in [1.54, 1.807) is 19.1 Å². The normalized spacial score (nSPS) is 11.2. The summed E-state index contributed by atoms with van der Waals surface area (Å²) >= 11 is 0. The second-order valence-corrected chi connectivity index (χ2v) is 2.14. The topological polar surface area (TPSA) is 62.8 Å². The van der Waals surface area contributed by atoms with Gasteiger partial charge in [0.25, 0.3) is 5.89 Å². The highest BCUT2D eigenvalue weighted by Gasteiger charge is 2.04. The number of nitrogens with one attached hydrogen (secondary N) is 1. The maximum atomic E-state index is 6.85. The third-order valence-electron chi connectivity index (χ3n) is 1.26. The van der Waals surface area contributed by atoms with Gasteiger partial charge in [0, 0.05) is 11.8 Å². The van der Waals surface area contributed by atoms with Crippen LogP contribution >= 0.6 is 0 Å². The van der Waals surface area contributed by atoms with Crippen LogP contribution in [0.4, 0.5) is 0 Å². The van der Waals surface area contributed by atoms with Gasteiger partial charge in [-0.15, -0.1) is 0 Å². The van der Waals surface area contributed by atoms with E-state index in [1.807, 2.05) is 0 Å². The Kier molecular flexibility index (Phi) is 2.53. The molecule has 1 aromatic heterocycles. The van der Waals surface area contributed by atoms with Crippen LogP contribution in [0.15, 0.2) is 23.3 Å². The van der Waals surface area contributed by atoms with Crippen LogP contribution in [-0.2, 0) is 0 Å². The van der Waals surface area contributed by atoms with Gasteiger partial charge in [0.05, 0.1) is 0 Å². The van der Waals surface area contributed by atoms with Crippen molar-refractivity contribution >= 4 is 11.8 Å². The van der Waals surface area contributed by atoms with Gasteiger partial charge >= 0.3 is 0 Å². The Hall–Kier alpha value is -1.71.